The van der Waals surface area contributed by atoms with Gasteiger partial charge in [0.15, 0.2) is 40.8 Å². The number of nitrogens with zero attached hydrogens (tertiary/aromatic N) is 10. The lowest BCUT2D eigenvalue weighted by molar-refractivity contribution is 0.00578. The highest BCUT2D eigenvalue weighted by molar-refractivity contribution is 6.62. The van der Waals surface area contributed by atoms with E-state index < -0.39 is 30.0 Å². The van der Waals surface area contributed by atoms with Crippen molar-refractivity contribution in [2.45, 2.75) is 38.9 Å². The van der Waals surface area contributed by atoms with Crippen LogP contribution in [0.1, 0.15) is 49.9 Å². The van der Waals surface area contributed by atoms with E-state index in [1.807, 2.05) is 149 Å². The van der Waals surface area contributed by atoms with Crippen molar-refractivity contribution < 1.29 is 18.1 Å². The first-order valence-electron chi connectivity index (χ1n) is 20.8. The van der Waals surface area contributed by atoms with Crippen molar-refractivity contribution in [1.82, 2.24) is 29.9 Å². The molecule has 16 heteroatoms. The molecule has 0 radical (unpaired) electrons. The third-order valence-electron chi connectivity index (χ3n) is 10.8. The van der Waals surface area contributed by atoms with Crippen LogP contribution in [0.25, 0.3) is 56.9 Å². The Bertz CT molecular complexity index is 3090. The standard InChI is InChI=1S/C23H12FN5.C15H10ClN3.C14H14BFN2O2/c24-20-18(13-25)11-17(12-19(20)14-26)23-28-21(15-7-3-1-4-8-15)27-22(29-23)16-9-5-2-6-10-16;16-15-18-13(11-7-3-1-4-8-11)17-14(19-15)12-9-5-2-6-10-12;1-13(2)14(3,4)20-15(19-13)11-5-9(7-17)12(16)10(6-11)8-18/h1-12H;1-10H;5-6H,1-4H3. The Morgan fingerprint density at radius 2 is 0.691 bits per heavy atom. The highest BCUT2D eigenvalue weighted by Gasteiger charge is 2.52. The summed E-state index contributed by atoms with van der Waals surface area (Å²) in [4.78, 5) is 26.4. The van der Waals surface area contributed by atoms with Crippen LogP contribution in [0.3, 0.4) is 0 Å². The van der Waals surface area contributed by atoms with Crippen LogP contribution in [0.15, 0.2) is 146 Å². The molecule has 3 heterocycles. The normalized spacial score (nSPS) is 13.0. The smallest absolute Gasteiger partial charge is 0.399 e. The maximum absolute atomic E-state index is 14.2. The highest BCUT2D eigenvalue weighted by atomic mass is 35.5. The van der Waals surface area contributed by atoms with Crippen molar-refractivity contribution in [1.29, 1.82) is 21.0 Å². The first-order chi connectivity index (χ1) is 32.7. The Balaban J connectivity index is 0.000000156. The summed E-state index contributed by atoms with van der Waals surface area (Å²) in [5.74, 6) is 0.644. The molecule has 2 aromatic heterocycles. The average molecular weight is 917 g/mol. The predicted octanol–water partition coefficient (Wildman–Crippen LogP) is 10.5. The lowest BCUT2D eigenvalue weighted by Crippen LogP contribution is -2.41. The second kappa shape index (κ2) is 20.7. The molecule has 12 nitrogen and oxygen atoms in total. The Hall–Kier alpha value is -8.57. The van der Waals surface area contributed by atoms with Crippen LogP contribution >= 0.6 is 11.6 Å². The molecule has 1 fully saturated rings. The van der Waals surface area contributed by atoms with E-state index in [-0.39, 0.29) is 33.4 Å². The van der Waals surface area contributed by atoms with E-state index in [1.54, 1.807) is 24.3 Å². The fourth-order valence-electron chi connectivity index (χ4n) is 6.56. The Kier molecular flexibility index (Phi) is 14.4. The molecule has 0 amide bonds. The molecule has 0 N–H and O–H groups in total. The summed E-state index contributed by atoms with van der Waals surface area (Å²) in [6, 6.07) is 50.6. The van der Waals surface area contributed by atoms with Gasteiger partial charge in [0.05, 0.1) is 33.5 Å². The van der Waals surface area contributed by atoms with E-state index in [2.05, 4.69) is 29.9 Å². The van der Waals surface area contributed by atoms with E-state index in [0.717, 1.165) is 22.3 Å². The minimum atomic E-state index is -0.848. The van der Waals surface area contributed by atoms with E-state index in [9.17, 15) is 19.3 Å². The SMILES string of the molecule is CC1(C)OB(c2cc(C#N)c(F)c(C#N)c2)OC1(C)C.Clc1nc(-c2ccccc2)nc(-c2ccccc2)n1.N#Cc1cc(-c2nc(-c3ccccc3)nc(-c3ccccc3)n2)cc(C#N)c1F. The maximum Gasteiger partial charge on any atom is 0.494 e. The fourth-order valence-corrected chi connectivity index (χ4v) is 6.72. The van der Waals surface area contributed by atoms with Gasteiger partial charge in [0.25, 0.3) is 0 Å². The Labute approximate surface area is 396 Å². The van der Waals surface area contributed by atoms with Gasteiger partial charge in [0, 0.05) is 27.8 Å². The number of nitriles is 4. The van der Waals surface area contributed by atoms with E-state index >= 15 is 0 Å². The molecule has 0 atom stereocenters. The molecule has 9 rings (SSSR count). The Morgan fingerprint density at radius 1 is 0.426 bits per heavy atom. The molecule has 8 aromatic rings. The lowest BCUT2D eigenvalue weighted by Gasteiger charge is -2.32. The number of aromatic nitrogens is 6. The maximum atomic E-state index is 14.2. The number of benzene rings is 6. The van der Waals surface area contributed by atoms with Crippen LogP contribution in [0, 0.1) is 57.0 Å². The lowest BCUT2D eigenvalue weighted by atomic mass is 9.77. The molecule has 1 aliphatic rings. The molecule has 1 aliphatic heterocycles. The predicted molar refractivity (Wildman–Crippen MR) is 253 cm³/mol. The molecule has 0 spiro atoms. The van der Waals surface area contributed by atoms with E-state index in [0.29, 0.717) is 34.3 Å². The van der Waals surface area contributed by atoms with Gasteiger partial charge in [0.2, 0.25) is 5.28 Å². The molecule has 68 heavy (non-hydrogen) atoms. The van der Waals surface area contributed by atoms with Gasteiger partial charge < -0.3 is 9.31 Å². The second-order valence-corrected chi connectivity index (χ2v) is 16.2. The van der Waals surface area contributed by atoms with Gasteiger partial charge in [-0.05, 0) is 69.0 Å². The van der Waals surface area contributed by atoms with E-state index in [4.69, 9.17) is 31.4 Å². The number of hydrogen-bond donors (Lipinski definition) is 0. The van der Waals surface area contributed by atoms with Crippen LogP contribution in [-0.2, 0) is 9.31 Å². The molecule has 0 aliphatic carbocycles. The van der Waals surface area contributed by atoms with Gasteiger partial charge in [-0.25, -0.2) is 28.7 Å². The van der Waals surface area contributed by atoms with Gasteiger partial charge in [-0.15, -0.1) is 0 Å². The zero-order valence-electron chi connectivity index (χ0n) is 36.9. The number of hydrogen-bond acceptors (Lipinski definition) is 12. The molecule has 0 saturated carbocycles. The highest BCUT2D eigenvalue weighted by Crippen LogP contribution is 2.37. The van der Waals surface area contributed by atoms with Crippen molar-refractivity contribution in [2.24, 2.45) is 0 Å². The first-order valence-corrected chi connectivity index (χ1v) is 21.1. The van der Waals surface area contributed by atoms with Crippen LogP contribution in [0.2, 0.25) is 5.28 Å². The summed E-state index contributed by atoms with van der Waals surface area (Å²) in [5.41, 5.74) is 2.35. The van der Waals surface area contributed by atoms with Gasteiger partial charge in [0.1, 0.15) is 24.3 Å². The molecule has 330 valence electrons. The van der Waals surface area contributed by atoms with Gasteiger partial charge >= 0.3 is 7.12 Å². The van der Waals surface area contributed by atoms with Gasteiger partial charge in [-0.3, -0.25) is 0 Å². The third-order valence-corrected chi connectivity index (χ3v) is 11.0. The number of halogens is 3. The van der Waals surface area contributed by atoms with Crippen molar-refractivity contribution in [3.8, 4) is 81.2 Å². The summed E-state index contributed by atoms with van der Waals surface area (Å²) >= 11 is 5.99. The van der Waals surface area contributed by atoms with Crippen LogP contribution in [-0.4, -0.2) is 48.2 Å². The topological polar surface area (TPSA) is 191 Å². The third kappa shape index (κ3) is 10.8. The largest absolute Gasteiger partial charge is 0.494 e. The Morgan fingerprint density at radius 3 is 0.985 bits per heavy atom. The monoisotopic (exact) mass is 916 g/mol. The molecule has 6 aromatic carbocycles. The average Bonchev–Trinajstić information content (AvgIpc) is 3.60. The van der Waals surface area contributed by atoms with Gasteiger partial charge in [-0.2, -0.15) is 31.0 Å². The molecule has 0 unspecified atom stereocenters. The van der Waals surface area contributed by atoms with Crippen molar-refractivity contribution in [3.05, 3.63) is 185 Å². The van der Waals surface area contributed by atoms with E-state index in [1.165, 1.54) is 24.3 Å². The fraction of sp³-hybridized carbons (Fsp3) is 0.115. The van der Waals surface area contributed by atoms with Crippen molar-refractivity contribution in [2.75, 3.05) is 0 Å². The first kappa shape index (κ1) is 47.4. The van der Waals surface area contributed by atoms with Crippen LogP contribution in [0.4, 0.5) is 8.78 Å². The minimum Gasteiger partial charge on any atom is -0.399 e. The quantitative estimate of drug-likeness (QED) is 0.144. The van der Waals surface area contributed by atoms with Crippen molar-refractivity contribution in [3.63, 3.8) is 0 Å². The summed E-state index contributed by atoms with van der Waals surface area (Å²) in [6.07, 6.45) is 0. The van der Waals surface area contributed by atoms with Gasteiger partial charge in [-0.1, -0.05) is 121 Å². The molecule has 1 saturated heterocycles. The van der Waals surface area contributed by atoms with Crippen LogP contribution < -0.4 is 5.46 Å². The van der Waals surface area contributed by atoms with Crippen LogP contribution in [0.5, 0.6) is 0 Å². The summed E-state index contributed by atoms with van der Waals surface area (Å²) in [7, 11) is -0.722. The second-order valence-electron chi connectivity index (χ2n) is 15.9. The molecular formula is C52H36BClF2N10O2. The molecular weight excluding hydrogens is 881 g/mol. The zero-order chi connectivity index (χ0) is 48.4. The summed E-state index contributed by atoms with van der Waals surface area (Å²) < 4.78 is 39.5. The zero-order valence-corrected chi connectivity index (χ0v) is 37.6. The van der Waals surface area contributed by atoms with Crippen molar-refractivity contribution >= 4 is 24.2 Å². The number of rotatable bonds is 6. The summed E-state index contributed by atoms with van der Waals surface area (Å²) in [5, 5.41) is 36.5. The minimum absolute atomic E-state index is 0.186. The summed E-state index contributed by atoms with van der Waals surface area (Å²) in [6.45, 7) is 7.58. The molecule has 0 bridgehead atoms.